The number of esters is 2. The predicted octanol–water partition coefficient (Wildman–Crippen LogP) is 6.36. The van der Waals surface area contributed by atoms with E-state index in [2.05, 4.69) is 25.2 Å². The van der Waals surface area contributed by atoms with Crippen LogP contribution in [0.5, 0.6) is 0 Å². The van der Waals surface area contributed by atoms with Crippen molar-refractivity contribution < 1.29 is 111 Å². The summed E-state index contributed by atoms with van der Waals surface area (Å²) < 4.78 is 81.5. The first kappa shape index (κ1) is 70.7. The maximum Gasteiger partial charge on any atom is 0.407 e. The van der Waals surface area contributed by atoms with Crippen LogP contribution in [0, 0.1) is 51.0 Å². The monoisotopic (exact) mass is 1310 g/mol. The predicted molar refractivity (Wildman–Crippen MR) is 325 cm³/mol. The molecule has 0 aromatic carbocycles. The first-order valence-electron chi connectivity index (χ1n) is 33.1. The van der Waals surface area contributed by atoms with E-state index in [0.29, 0.717) is 49.5 Å². The first-order chi connectivity index (χ1) is 43.9. The van der Waals surface area contributed by atoms with Gasteiger partial charge in [-0.05, 0) is 109 Å². The fraction of sp³-hybridized carbons (Fsp3) is 0.776. The van der Waals surface area contributed by atoms with Crippen LogP contribution in [0.15, 0.2) is 58.4 Å². The minimum absolute atomic E-state index is 0.00196. The summed E-state index contributed by atoms with van der Waals surface area (Å²) in [7, 11) is 1.15. The summed E-state index contributed by atoms with van der Waals surface area (Å²) in [6.07, 6.45) is -4.21. The molecule has 1 saturated carbocycles. The van der Waals surface area contributed by atoms with E-state index in [0.717, 1.165) is 7.11 Å². The van der Waals surface area contributed by atoms with Crippen LogP contribution in [0.25, 0.3) is 0 Å². The van der Waals surface area contributed by atoms with Crippen molar-refractivity contribution in [1.82, 2.24) is 5.32 Å². The zero-order valence-electron chi connectivity index (χ0n) is 55.4. The van der Waals surface area contributed by atoms with E-state index in [-0.39, 0.29) is 43.1 Å². The van der Waals surface area contributed by atoms with Gasteiger partial charge in [-0.2, -0.15) is 0 Å². The molecule has 0 aromatic rings. The molecule has 6 heterocycles. The zero-order valence-corrected chi connectivity index (χ0v) is 55.4. The normalized spacial score (nSPS) is 47.4. The van der Waals surface area contributed by atoms with Crippen molar-refractivity contribution in [3.05, 3.63) is 68.5 Å². The summed E-state index contributed by atoms with van der Waals surface area (Å²) in [5, 5.41) is 62.0. The van der Waals surface area contributed by atoms with Gasteiger partial charge in [-0.3, -0.25) is 24.5 Å². The highest BCUT2D eigenvalue weighted by atomic mass is 16.8. The number of alkyl carbamates (subject to hydrolysis) is 1. The van der Waals surface area contributed by atoms with Gasteiger partial charge in [0.1, 0.15) is 35.9 Å². The summed E-state index contributed by atoms with van der Waals surface area (Å²) >= 11 is 0. The van der Waals surface area contributed by atoms with Crippen molar-refractivity contribution in [2.24, 2.45) is 40.9 Å². The van der Waals surface area contributed by atoms with Gasteiger partial charge in [-0.25, -0.2) is 9.59 Å². The minimum atomic E-state index is -2.20. The molecule has 29 atom stereocenters. The number of carbonyl (C=O) groups excluding carboxylic acids is 5. The number of aliphatic hydroxyl groups is 4. The van der Waals surface area contributed by atoms with Crippen molar-refractivity contribution in [2.45, 2.75) is 281 Å². The van der Waals surface area contributed by atoms with Crippen LogP contribution in [-0.4, -0.2) is 197 Å². The Labute approximate surface area is 542 Å². The topological polar surface area (TPSA) is 341 Å². The molecule has 26 nitrogen and oxygen atoms in total. The van der Waals surface area contributed by atoms with Gasteiger partial charge in [0.05, 0.1) is 86.6 Å². The van der Waals surface area contributed by atoms with Gasteiger partial charge < -0.3 is 87.3 Å². The van der Waals surface area contributed by atoms with Crippen LogP contribution in [0.1, 0.15) is 147 Å². The highest BCUT2D eigenvalue weighted by Gasteiger charge is 2.65. The number of aliphatic hydroxyl groups excluding tert-OH is 4. The molecule has 4 aliphatic carbocycles. The highest BCUT2D eigenvalue weighted by molar-refractivity contribution is 6.26. The number of hydrogen-bond acceptors (Lipinski definition) is 24. The number of nitro groups is 1. The van der Waals surface area contributed by atoms with Gasteiger partial charge in [0, 0.05) is 68.1 Å². The van der Waals surface area contributed by atoms with E-state index in [1.807, 2.05) is 39.8 Å². The van der Waals surface area contributed by atoms with Crippen molar-refractivity contribution in [3.8, 4) is 0 Å². The molecule has 0 aromatic heterocycles. The highest BCUT2D eigenvalue weighted by Crippen LogP contribution is 2.61. The maximum absolute atomic E-state index is 15.6. The van der Waals surface area contributed by atoms with Crippen LogP contribution in [0.3, 0.4) is 0 Å². The van der Waals surface area contributed by atoms with Crippen LogP contribution in [-0.2, 0) is 80.8 Å². The van der Waals surface area contributed by atoms with Crippen LogP contribution in [0.2, 0.25) is 0 Å². The number of rotatable bonds is 14. The Kier molecular flexibility index (Phi) is 21.4. The number of carbonyl (C=O) groups is 5. The average Bonchev–Trinajstić information content (AvgIpc) is 1.68. The Hall–Kier alpha value is -5.07. The van der Waals surface area contributed by atoms with Crippen molar-refractivity contribution in [1.29, 1.82) is 0 Å². The van der Waals surface area contributed by atoms with Gasteiger partial charge in [-0.1, -0.05) is 50.6 Å². The summed E-state index contributed by atoms with van der Waals surface area (Å²) in [5.41, 5.74) is -4.91. The molecule has 10 rings (SSSR count). The second-order valence-corrected chi connectivity index (χ2v) is 28.2. The van der Waals surface area contributed by atoms with E-state index in [1.54, 1.807) is 33.8 Å². The van der Waals surface area contributed by atoms with Crippen molar-refractivity contribution in [3.63, 3.8) is 0 Å². The van der Waals surface area contributed by atoms with Gasteiger partial charge in [0.15, 0.2) is 43.2 Å². The number of Topliss-reactive ketones (excluding diaryl/α,β-unsaturated/α-hetero) is 1. The smallest absolute Gasteiger partial charge is 0.407 e. The minimum Gasteiger partial charge on any atom is -0.511 e. The number of nitrogens with one attached hydrogen (secondary N) is 1. The number of methoxy groups -OCH3 is 1. The van der Waals surface area contributed by atoms with E-state index >= 15 is 4.79 Å². The lowest BCUT2D eigenvalue weighted by Gasteiger charge is -2.56. The second-order valence-electron chi connectivity index (χ2n) is 28.2. The molecule has 26 heteroatoms. The molecule has 1 amide bonds. The SMILES string of the molecule is COC(=O)NC1[C@@H](C)O[C@H](OC2C/C=C(\C)[C@@H]3C=C[C@@H]4[C@@H](O[C@H]5C[C@@H](O[C@@H]6CC[C@@H](O[C@H]7C[C@@H](O)[C@H](O[C@@H]8CC[C@@H](O)[C@@H](C)O8)[C@H](C)O7)[C@@H](C)O6)[C@H](OC(C)=O)[C@H](C)O5)[C@@H](C)C[C@H](C)[C@H]4[C@]3(C)C(O)=C3C(=O)O[C@]4(CC(C=O)=C[C@H](O)[C@H]4/C=C/2C)C3=O)C[C@]1(C)[N+](=O)[O-]. The number of allylic oxidation sites excluding steroid dienone is 3. The molecular formula is C67H96N2O24. The van der Waals surface area contributed by atoms with Gasteiger partial charge in [-0.15, -0.1) is 0 Å². The Morgan fingerprint density at radius 1 is 0.720 bits per heavy atom. The number of hydrogen-bond donors (Lipinski definition) is 5. The number of nitrogens with zero attached hydrogens (tertiary/aromatic N) is 1. The molecule has 2 bridgehead atoms. The zero-order chi connectivity index (χ0) is 67.5. The van der Waals surface area contributed by atoms with Crippen LogP contribution in [0.4, 0.5) is 4.79 Å². The van der Waals surface area contributed by atoms with E-state index in [4.69, 9.17) is 61.6 Å². The fourth-order valence-electron chi connectivity index (χ4n) is 16.9. The van der Waals surface area contributed by atoms with Crippen molar-refractivity contribution in [2.75, 3.05) is 7.11 Å². The molecule has 93 heavy (non-hydrogen) atoms. The third-order valence-corrected chi connectivity index (χ3v) is 21.7. The summed E-state index contributed by atoms with van der Waals surface area (Å²) in [6.45, 7) is 21.0. The molecule has 7 fully saturated rings. The van der Waals surface area contributed by atoms with E-state index < -0.39 is 210 Å². The lowest BCUT2D eigenvalue weighted by molar-refractivity contribution is -0.584. The molecular weight excluding hydrogens is 1220 g/mol. The van der Waals surface area contributed by atoms with E-state index in [1.165, 1.54) is 19.9 Å². The van der Waals surface area contributed by atoms with E-state index in [9.17, 15) is 49.7 Å². The lowest BCUT2D eigenvalue weighted by Crippen LogP contribution is -2.65. The molecule has 1 spiro atoms. The maximum atomic E-state index is 15.6. The largest absolute Gasteiger partial charge is 0.511 e. The van der Waals surface area contributed by atoms with Gasteiger partial charge >= 0.3 is 18.0 Å². The molecule has 10 aliphatic rings. The Balaban J connectivity index is 0.904. The number of ketones is 1. The standard InChI is InChI=1S/C67H96N2O24/c1-30-14-18-47(88-54-28-65(11,69(79)80)60(38(9)86-54)68-64(78)81-13)31(2)23-43-45(73)24-40(29-70)27-67(43)62(76)55(63(77)93-67)61(75)66(12)42(30)16-15-41-56(66)32(3)22-33(4)57(41)92-53-26-49(59(37(8)85-53)87-39(10)71)90-50-21-19-48(35(6)83-50)89-52-25-46(74)58(36(7)84-52)91-51-20-17-44(72)34(5)82-51/h14-16,23-24,29,32-38,41-54,56-60,72-75H,17-22,25-28H2,1-13H3,(H,68,78)/b30-14+,31-23+,61-55?/t32-,33-,34+,35+,36-,37-,38+,41-,42-,43+,44+,45-,46+,47?,48+,49+,50+,51+,52-,53-,54+,56+,57-,58+,59+,60?,65-,66+,67-/m0/s1. The number of amides is 1. The molecule has 518 valence electrons. The Morgan fingerprint density at radius 2 is 1.35 bits per heavy atom. The molecule has 6 saturated heterocycles. The molecule has 6 aliphatic heterocycles. The lowest BCUT2D eigenvalue weighted by atomic mass is 9.49. The summed E-state index contributed by atoms with van der Waals surface area (Å²) in [5.74, 6) is -6.46. The van der Waals surface area contributed by atoms with Gasteiger partial charge in [0.25, 0.3) is 0 Å². The fourth-order valence-corrected chi connectivity index (χ4v) is 16.9. The second kappa shape index (κ2) is 28.2. The Bertz CT molecular complexity index is 2960. The third-order valence-electron chi connectivity index (χ3n) is 21.7. The summed E-state index contributed by atoms with van der Waals surface area (Å²) in [4.78, 5) is 80.4. The van der Waals surface area contributed by atoms with Crippen LogP contribution >= 0.6 is 0 Å². The number of fused-ring (bicyclic) bond motifs is 4. The Morgan fingerprint density at radius 3 is 2.01 bits per heavy atom. The quantitative estimate of drug-likeness (QED) is 0.0240. The first-order valence-corrected chi connectivity index (χ1v) is 33.1. The van der Waals surface area contributed by atoms with Gasteiger partial charge in [0.2, 0.25) is 11.3 Å². The molecule has 0 radical (unpaired) electrons. The molecule has 2 unspecified atom stereocenters. The van der Waals surface area contributed by atoms with Crippen molar-refractivity contribution >= 4 is 30.1 Å². The van der Waals surface area contributed by atoms with Crippen LogP contribution < -0.4 is 5.32 Å². The third kappa shape index (κ3) is 14.0. The number of aldehydes is 1. The number of ether oxygens (including phenoxy) is 13. The summed E-state index contributed by atoms with van der Waals surface area (Å²) in [6, 6.07) is -1.12. The molecule has 5 N–H and O–H groups in total. The average molecular weight is 1310 g/mol.